The second-order valence-electron chi connectivity index (χ2n) is 9.60. The topological polar surface area (TPSA) is 78.9 Å². The van der Waals surface area contributed by atoms with E-state index in [0.29, 0.717) is 49.8 Å². The summed E-state index contributed by atoms with van der Waals surface area (Å²) in [7, 11) is -3.67. The fraction of sp³-hybridized carbons (Fsp3) is 0.219. The lowest BCUT2D eigenvalue weighted by Gasteiger charge is -2.39. The Morgan fingerprint density at radius 3 is 1.98 bits per heavy atom. The summed E-state index contributed by atoms with van der Waals surface area (Å²) in [5.74, 6) is 0.329. The number of carbonyl (C=O) groups is 1. The molecule has 1 heterocycles. The summed E-state index contributed by atoms with van der Waals surface area (Å²) in [5, 5.41) is 2.83. The molecular formula is C32H33N3O4S. The predicted octanol–water partition coefficient (Wildman–Crippen LogP) is 5.43. The first-order chi connectivity index (χ1) is 19.5. The van der Waals surface area contributed by atoms with Crippen LogP contribution in [0.4, 0.5) is 5.69 Å². The second kappa shape index (κ2) is 12.5. The van der Waals surface area contributed by atoms with Gasteiger partial charge < -0.3 is 10.1 Å². The van der Waals surface area contributed by atoms with E-state index in [-0.39, 0.29) is 16.8 Å². The molecule has 0 bridgehead atoms. The van der Waals surface area contributed by atoms with Crippen LogP contribution in [0.1, 0.15) is 34.5 Å². The lowest BCUT2D eigenvalue weighted by atomic mass is 9.96. The zero-order valence-electron chi connectivity index (χ0n) is 22.4. The molecule has 4 aromatic rings. The number of benzene rings is 4. The molecule has 0 unspecified atom stereocenters. The molecule has 0 atom stereocenters. The zero-order chi connectivity index (χ0) is 28.0. The van der Waals surface area contributed by atoms with Gasteiger partial charge in [-0.05, 0) is 60.5 Å². The van der Waals surface area contributed by atoms with E-state index in [2.05, 4.69) is 34.5 Å². The van der Waals surface area contributed by atoms with Crippen LogP contribution in [-0.2, 0) is 10.0 Å². The highest BCUT2D eigenvalue weighted by atomic mass is 32.2. The number of sulfonamides is 1. The van der Waals surface area contributed by atoms with E-state index in [4.69, 9.17) is 4.74 Å². The molecular weight excluding hydrogens is 522 g/mol. The van der Waals surface area contributed by atoms with E-state index in [9.17, 15) is 13.2 Å². The number of nitrogens with one attached hydrogen (secondary N) is 1. The van der Waals surface area contributed by atoms with Crippen molar-refractivity contribution in [3.63, 3.8) is 0 Å². The summed E-state index contributed by atoms with van der Waals surface area (Å²) < 4.78 is 33.9. The van der Waals surface area contributed by atoms with Gasteiger partial charge in [0.25, 0.3) is 5.91 Å². The normalized spacial score (nSPS) is 14.7. The molecule has 0 aromatic heterocycles. The highest BCUT2D eigenvalue weighted by Gasteiger charge is 2.32. The summed E-state index contributed by atoms with van der Waals surface area (Å²) in [6, 6.07) is 34.0. The van der Waals surface area contributed by atoms with Crippen molar-refractivity contribution in [2.75, 3.05) is 38.1 Å². The molecule has 1 aliphatic heterocycles. The Morgan fingerprint density at radius 1 is 0.800 bits per heavy atom. The maximum atomic E-state index is 13.5. The molecule has 0 spiro atoms. The Balaban J connectivity index is 1.25. The molecule has 1 amide bonds. The van der Waals surface area contributed by atoms with Crippen molar-refractivity contribution in [1.82, 2.24) is 9.21 Å². The van der Waals surface area contributed by atoms with E-state index < -0.39 is 10.0 Å². The summed E-state index contributed by atoms with van der Waals surface area (Å²) in [4.78, 5) is 15.2. The third-order valence-corrected chi connectivity index (χ3v) is 8.94. The molecule has 0 radical (unpaired) electrons. The Morgan fingerprint density at radius 2 is 1.40 bits per heavy atom. The molecule has 1 saturated heterocycles. The van der Waals surface area contributed by atoms with Gasteiger partial charge in [0, 0.05) is 37.4 Å². The average Bonchev–Trinajstić information content (AvgIpc) is 2.99. The Bertz CT molecular complexity index is 1480. The van der Waals surface area contributed by atoms with Gasteiger partial charge in [-0.1, -0.05) is 66.7 Å². The number of piperazine rings is 1. The zero-order valence-corrected chi connectivity index (χ0v) is 23.3. The van der Waals surface area contributed by atoms with Gasteiger partial charge in [-0.2, -0.15) is 4.31 Å². The largest absolute Gasteiger partial charge is 0.494 e. The highest BCUT2D eigenvalue weighted by molar-refractivity contribution is 7.89. The van der Waals surface area contributed by atoms with E-state index in [0.717, 1.165) is 0 Å². The van der Waals surface area contributed by atoms with Crippen molar-refractivity contribution in [3.8, 4) is 5.75 Å². The fourth-order valence-corrected chi connectivity index (χ4v) is 6.47. The van der Waals surface area contributed by atoms with Crippen molar-refractivity contribution in [1.29, 1.82) is 0 Å². The number of amides is 1. The quantitative estimate of drug-likeness (QED) is 0.298. The van der Waals surface area contributed by atoms with E-state index in [1.165, 1.54) is 11.1 Å². The number of rotatable bonds is 9. The van der Waals surface area contributed by atoms with Crippen LogP contribution in [0, 0.1) is 0 Å². The van der Waals surface area contributed by atoms with Gasteiger partial charge in [-0.25, -0.2) is 8.42 Å². The predicted molar refractivity (Wildman–Crippen MR) is 157 cm³/mol. The first-order valence-corrected chi connectivity index (χ1v) is 14.9. The van der Waals surface area contributed by atoms with Crippen molar-refractivity contribution < 1.29 is 17.9 Å². The molecule has 0 aliphatic carbocycles. The van der Waals surface area contributed by atoms with Gasteiger partial charge in [0.2, 0.25) is 10.0 Å². The molecule has 5 rings (SSSR count). The summed E-state index contributed by atoms with van der Waals surface area (Å²) in [5.41, 5.74) is 3.36. The summed E-state index contributed by atoms with van der Waals surface area (Å²) in [6.45, 7) is 4.41. The maximum absolute atomic E-state index is 13.5. The van der Waals surface area contributed by atoms with E-state index in [1.807, 2.05) is 43.3 Å². The fourth-order valence-electron chi connectivity index (χ4n) is 5.04. The number of hydrogen-bond donors (Lipinski definition) is 1. The number of ether oxygens (including phenoxy) is 1. The van der Waals surface area contributed by atoms with Gasteiger partial charge in [-0.15, -0.1) is 0 Å². The molecule has 1 N–H and O–H groups in total. The number of nitrogens with zero attached hydrogens (tertiary/aromatic N) is 2. The molecule has 7 nitrogen and oxygen atoms in total. The first-order valence-electron chi connectivity index (χ1n) is 13.4. The molecule has 206 valence electrons. The minimum absolute atomic E-state index is 0.0596. The van der Waals surface area contributed by atoms with Gasteiger partial charge in [0.15, 0.2) is 0 Å². The Labute approximate surface area is 236 Å². The SMILES string of the molecule is CCOc1cccc(C(=O)Nc2ccc(S(=O)(=O)N3CCN(C(c4ccccc4)c4ccccc4)CC3)cc2)c1. The average molecular weight is 556 g/mol. The number of anilines is 1. The van der Waals surface area contributed by atoms with Crippen molar-refractivity contribution in [2.24, 2.45) is 0 Å². The van der Waals surface area contributed by atoms with Crippen LogP contribution in [0.25, 0.3) is 0 Å². The highest BCUT2D eigenvalue weighted by Crippen LogP contribution is 2.30. The van der Waals surface area contributed by atoms with E-state index in [1.54, 1.807) is 52.8 Å². The molecule has 1 fully saturated rings. The molecule has 0 saturated carbocycles. The van der Waals surface area contributed by atoms with Crippen molar-refractivity contribution >= 4 is 21.6 Å². The van der Waals surface area contributed by atoms with Crippen LogP contribution >= 0.6 is 0 Å². The van der Waals surface area contributed by atoms with Crippen LogP contribution in [0.15, 0.2) is 114 Å². The maximum Gasteiger partial charge on any atom is 0.255 e. The molecule has 40 heavy (non-hydrogen) atoms. The number of hydrogen-bond acceptors (Lipinski definition) is 5. The monoisotopic (exact) mass is 555 g/mol. The van der Waals surface area contributed by atoms with Gasteiger partial charge in [-0.3, -0.25) is 9.69 Å². The van der Waals surface area contributed by atoms with Crippen LogP contribution in [0.5, 0.6) is 5.75 Å². The minimum Gasteiger partial charge on any atom is -0.494 e. The van der Waals surface area contributed by atoms with Crippen LogP contribution in [0.3, 0.4) is 0 Å². The minimum atomic E-state index is -3.67. The smallest absolute Gasteiger partial charge is 0.255 e. The van der Waals surface area contributed by atoms with Crippen molar-refractivity contribution in [3.05, 3.63) is 126 Å². The molecule has 4 aromatic carbocycles. The molecule has 8 heteroatoms. The summed E-state index contributed by atoms with van der Waals surface area (Å²) >= 11 is 0. The molecule has 1 aliphatic rings. The van der Waals surface area contributed by atoms with E-state index >= 15 is 0 Å². The lowest BCUT2D eigenvalue weighted by Crippen LogP contribution is -2.49. The standard InChI is InChI=1S/C32H33N3O4S/c1-2-39-29-15-9-14-27(24-29)32(36)33-28-16-18-30(19-17-28)40(37,38)35-22-20-34(21-23-35)31(25-10-5-3-6-11-25)26-12-7-4-8-13-26/h3-19,24,31H,2,20-23H2,1H3,(H,33,36). The Hall–Kier alpha value is -3.98. The summed E-state index contributed by atoms with van der Waals surface area (Å²) in [6.07, 6.45) is 0. The van der Waals surface area contributed by atoms with Crippen LogP contribution in [0.2, 0.25) is 0 Å². The number of carbonyl (C=O) groups excluding carboxylic acids is 1. The third-order valence-electron chi connectivity index (χ3n) is 7.03. The second-order valence-corrected chi connectivity index (χ2v) is 11.5. The lowest BCUT2D eigenvalue weighted by molar-refractivity contribution is 0.102. The Kier molecular flexibility index (Phi) is 8.60. The van der Waals surface area contributed by atoms with Gasteiger partial charge in [0.1, 0.15) is 5.75 Å². The first kappa shape index (κ1) is 27.6. The van der Waals surface area contributed by atoms with Crippen molar-refractivity contribution in [2.45, 2.75) is 17.9 Å². The van der Waals surface area contributed by atoms with Gasteiger partial charge >= 0.3 is 0 Å². The van der Waals surface area contributed by atoms with Gasteiger partial charge in [0.05, 0.1) is 17.5 Å². The van der Waals surface area contributed by atoms with Crippen LogP contribution in [-0.4, -0.2) is 56.3 Å². The third kappa shape index (κ3) is 6.25. The van der Waals surface area contributed by atoms with Crippen LogP contribution < -0.4 is 10.1 Å².